The van der Waals surface area contributed by atoms with Crippen molar-refractivity contribution in [2.45, 2.75) is 18.9 Å². The van der Waals surface area contributed by atoms with Crippen molar-refractivity contribution in [1.29, 1.82) is 0 Å². The Morgan fingerprint density at radius 3 is 2.50 bits per heavy atom. The SMILES string of the molecule is COC(C(=O)O)C1CCN(N=O)CC1. The predicted octanol–water partition coefficient (Wildman–Crippen LogP) is 0.479. The van der Waals surface area contributed by atoms with Crippen molar-refractivity contribution in [2.75, 3.05) is 20.2 Å². The molecule has 1 saturated heterocycles. The Morgan fingerprint density at radius 1 is 1.57 bits per heavy atom. The molecule has 0 aromatic rings. The van der Waals surface area contributed by atoms with Gasteiger partial charge in [0.2, 0.25) is 0 Å². The standard InChI is InChI=1S/C8H14N2O4/c1-14-7(8(11)12)6-2-4-10(9-13)5-3-6/h6-7H,2-5H2,1H3,(H,11,12). The maximum Gasteiger partial charge on any atom is 0.333 e. The van der Waals surface area contributed by atoms with E-state index < -0.39 is 12.1 Å². The second-order valence-electron chi connectivity index (χ2n) is 3.37. The summed E-state index contributed by atoms with van der Waals surface area (Å²) in [7, 11) is 1.39. The Morgan fingerprint density at radius 2 is 2.14 bits per heavy atom. The number of rotatable bonds is 4. The van der Waals surface area contributed by atoms with Gasteiger partial charge in [-0.1, -0.05) is 0 Å². The number of hydrogen-bond acceptors (Lipinski definition) is 4. The highest BCUT2D eigenvalue weighted by Gasteiger charge is 2.31. The minimum atomic E-state index is -0.940. The highest BCUT2D eigenvalue weighted by molar-refractivity contribution is 5.72. The molecule has 6 heteroatoms. The summed E-state index contributed by atoms with van der Waals surface area (Å²) in [5, 5.41) is 13.0. The van der Waals surface area contributed by atoms with Crippen molar-refractivity contribution in [2.24, 2.45) is 11.2 Å². The summed E-state index contributed by atoms with van der Waals surface area (Å²) in [4.78, 5) is 20.9. The summed E-state index contributed by atoms with van der Waals surface area (Å²) in [6.07, 6.45) is 0.511. The minimum absolute atomic E-state index is 0.0181. The smallest absolute Gasteiger partial charge is 0.333 e. The van der Waals surface area contributed by atoms with E-state index in [0.29, 0.717) is 25.9 Å². The lowest BCUT2D eigenvalue weighted by atomic mass is 9.92. The number of carbonyl (C=O) groups is 1. The van der Waals surface area contributed by atoms with E-state index in [1.54, 1.807) is 0 Å². The van der Waals surface area contributed by atoms with Gasteiger partial charge in [-0.3, -0.25) is 5.01 Å². The Kier molecular flexibility index (Phi) is 3.82. The van der Waals surface area contributed by atoms with E-state index in [1.165, 1.54) is 12.1 Å². The van der Waals surface area contributed by atoms with Crippen LogP contribution in [0.5, 0.6) is 0 Å². The monoisotopic (exact) mass is 202 g/mol. The van der Waals surface area contributed by atoms with E-state index >= 15 is 0 Å². The van der Waals surface area contributed by atoms with Gasteiger partial charge in [-0.25, -0.2) is 4.79 Å². The van der Waals surface area contributed by atoms with E-state index in [0.717, 1.165) is 0 Å². The molecule has 14 heavy (non-hydrogen) atoms. The first-order valence-electron chi connectivity index (χ1n) is 4.53. The van der Waals surface area contributed by atoms with Gasteiger partial charge in [0.05, 0.1) is 5.29 Å². The normalized spacial score (nSPS) is 20.5. The molecule has 80 valence electrons. The van der Waals surface area contributed by atoms with Gasteiger partial charge < -0.3 is 9.84 Å². The zero-order chi connectivity index (χ0) is 10.6. The van der Waals surface area contributed by atoms with E-state index in [2.05, 4.69) is 5.29 Å². The molecule has 1 aliphatic heterocycles. The van der Waals surface area contributed by atoms with E-state index in [-0.39, 0.29) is 5.92 Å². The maximum absolute atomic E-state index is 10.8. The van der Waals surface area contributed by atoms with Crippen LogP contribution in [0.25, 0.3) is 0 Å². The van der Waals surface area contributed by atoms with Gasteiger partial charge in [-0.05, 0) is 18.8 Å². The third-order valence-corrected chi connectivity index (χ3v) is 2.56. The van der Waals surface area contributed by atoms with Crippen molar-refractivity contribution < 1.29 is 14.6 Å². The van der Waals surface area contributed by atoms with Crippen LogP contribution in [0.4, 0.5) is 0 Å². The van der Waals surface area contributed by atoms with Crippen LogP contribution in [-0.4, -0.2) is 42.4 Å². The van der Waals surface area contributed by atoms with E-state index in [1.807, 2.05) is 0 Å². The number of hydrogen-bond donors (Lipinski definition) is 1. The van der Waals surface area contributed by atoms with Crippen LogP contribution in [0.1, 0.15) is 12.8 Å². The predicted molar refractivity (Wildman–Crippen MR) is 48.5 cm³/mol. The number of nitrogens with zero attached hydrogens (tertiary/aromatic N) is 2. The lowest BCUT2D eigenvalue weighted by Crippen LogP contribution is -2.39. The van der Waals surface area contributed by atoms with E-state index in [4.69, 9.17) is 9.84 Å². The van der Waals surface area contributed by atoms with Crippen LogP contribution < -0.4 is 0 Å². The molecule has 0 radical (unpaired) electrons. The number of ether oxygens (including phenoxy) is 1. The molecule has 1 aliphatic rings. The van der Waals surface area contributed by atoms with Crippen LogP contribution in [0.3, 0.4) is 0 Å². The Balaban J connectivity index is 2.47. The summed E-state index contributed by atoms with van der Waals surface area (Å²) >= 11 is 0. The molecule has 0 aliphatic carbocycles. The largest absolute Gasteiger partial charge is 0.479 e. The molecule has 6 nitrogen and oxygen atoms in total. The minimum Gasteiger partial charge on any atom is -0.479 e. The van der Waals surface area contributed by atoms with Crippen molar-refractivity contribution in [1.82, 2.24) is 5.01 Å². The fourth-order valence-electron chi connectivity index (χ4n) is 1.77. The summed E-state index contributed by atoms with van der Waals surface area (Å²) < 4.78 is 4.89. The third-order valence-electron chi connectivity index (χ3n) is 2.56. The number of carboxylic acids is 1. The zero-order valence-electron chi connectivity index (χ0n) is 8.05. The summed E-state index contributed by atoms with van der Waals surface area (Å²) in [6.45, 7) is 1.03. The molecular weight excluding hydrogens is 188 g/mol. The van der Waals surface area contributed by atoms with Gasteiger partial charge in [-0.2, -0.15) is 0 Å². The van der Waals surface area contributed by atoms with Crippen molar-refractivity contribution in [3.63, 3.8) is 0 Å². The first-order valence-corrected chi connectivity index (χ1v) is 4.53. The molecule has 0 aromatic heterocycles. The van der Waals surface area contributed by atoms with Gasteiger partial charge in [0.15, 0.2) is 6.10 Å². The van der Waals surface area contributed by atoms with Crippen LogP contribution >= 0.6 is 0 Å². The van der Waals surface area contributed by atoms with Gasteiger partial charge in [0.1, 0.15) is 0 Å². The lowest BCUT2D eigenvalue weighted by molar-refractivity contribution is -0.153. The molecule has 0 bridgehead atoms. The molecule has 1 fully saturated rings. The average molecular weight is 202 g/mol. The van der Waals surface area contributed by atoms with Gasteiger partial charge in [0, 0.05) is 20.2 Å². The molecule has 1 atom stereocenters. The Hall–Kier alpha value is -1.17. The summed E-state index contributed by atoms with van der Waals surface area (Å²) in [5.41, 5.74) is 0. The number of aliphatic carboxylic acids is 1. The molecular formula is C8H14N2O4. The van der Waals surface area contributed by atoms with Crippen molar-refractivity contribution >= 4 is 5.97 Å². The molecule has 1 heterocycles. The number of methoxy groups -OCH3 is 1. The number of nitroso groups, excluding NO2 is 1. The van der Waals surface area contributed by atoms with Crippen molar-refractivity contribution in [3.8, 4) is 0 Å². The molecule has 0 amide bonds. The molecule has 1 rings (SSSR count). The van der Waals surface area contributed by atoms with E-state index in [9.17, 15) is 9.70 Å². The first kappa shape index (κ1) is 10.9. The Bertz CT molecular complexity index is 213. The second-order valence-corrected chi connectivity index (χ2v) is 3.37. The van der Waals surface area contributed by atoms with Crippen LogP contribution in [-0.2, 0) is 9.53 Å². The third kappa shape index (κ3) is 2.41. The lowest BCUT2D eigenvalue weighted by Gasteiger charge is -2.30. The first-order chi connectivity index (χ1) is 6.69. The second kappa shape index (κ2) is 4.90. The van der Waals surface area contributed by atoms with Gasteiger partial charge >= 0.3 is 5.97 Å². The number of piperidine rings is 1. The average Bonchev–Trinajstić information content (AvgIpc) is 2.19. The van der Waals surface area contributed by atoms with Gasteiger partial charge in [-0.15, -0.1) is 4.91 Å². The van der Waals surface area contributed by atoms with Gasteiger partial charge in [0.25, 0.3) is 0 Å². The Labute approximate surface area is 81.8 Å². The van der Waals surface area contributed by atoms with Crippen LogP contribution in [0.2, 0.25) is 0 Å². The van der Waals surface area contributed by atoms with Crippen LogP contribution in [0, 0.1) is 10.8 Å². The number of carboxylic acid groups (broad SMARTS) is 1. The molecule has 0 saturated carbocycles. The highest BCUT2D eigenvalue weighted by Crippen LogP contribution is 2.22. The topological polar surface area (TPSA) is 79.2 Å². The molecule has 1 N–H and O–H groups in total. The zero-order valence-corrected chi connectivity index (χ0v) is 8.05. The molecule has 1 unspecified atom stereocenters. The fourth-order valence-corrected chi connectivity index (χ4v) is 1.77. The molecule has 0 aromatic carbocycles. The molecule has 0 spiro atoms. The summed E-state index contributed by atoms with van der Waals surface area (Å²) in [5.74, 6) is -0.958. The fraction of sp³-hybridized carbons (Fsp3) is 0.875. The van der Waals surface area contributed by atoms with Crippen LogP contribution in [0.15, 0.2) is 5.29 Å². The quantitative estimate of drug-likeness (QED) is 0.671. The summed E-state index contributed by atoms with van der Waals surface area (Å²) in [6, 6.07) is 0. The highest BCUT2D eigenvalue weighted by atomic mass is 16.5. The van der Waals surface area contributed by atoms with Crippen molar-refractivity contribution in [3.05, 3.63) is 4.91 Å². The maximum atomic E-state index is 10.8.